The first-order valence-corrected chi connectivity index (χ1v) is 6.26. The van der Waals surface area contributed by atoms with Gasteiger partial charge in [0.2, 0.25) is 0 Å². The first kappa shape index (κ1) is 13.4. The number of aryl methyl sites for hydroxylation is 1. The van der Waals surface area contributed by atoms with Gasteiger partial charge >= 0.3 is 0 Å². The van der Waals surface area contributed by atoms with Gasteiger partial charge in [0.05, 0.1) is 0 Å². The Morgan fingerprint density at radius 3 is 2.75 bits per heavy atom. The lowest BCUT2D eigenvalue weighted by Crippen LogP contribution is -2.07. The molecule has 0 bridgehead atoms. The zero-order valence-electron chi connectivity index (χ0n) is 9.59. The number of rotatable bonds is 5. The van der Waals surface area contributed by atoms with E-state index in [9.17, 15) is 9.18 Å². The largest absolute Gasteiger partial charge is 0.299 e. The van der Waals surface area contributed by atoms with Crippen LogP contribution in [-0.4, -0.2) is 5.78 Å². The van der Waals surface area contributed by atoms with Gasteiger partial charge in [0.25, 0.3) is 0 Å². The van der Waals surface area contributed by atoms with Crippen molar-refractivity contribution in [1.29, 1.82) is 0 Å². The number of benzene rings is 1. The molecule has 0 N–H and O–H groups in total. The molecule has 0 aliphatic rings. The summed E-state index contributed by atoms with van der Waals surface area (Å²) in [6.07, 6.45) is 1.86. The van der Waals surface area contributed by atoms with Gasteiger partial charge in [-0.1, -0.05) is 29.8 Å². The standard InChI is InChI=1S/C13H16BrFO/c1-9(2)13(16)5-3-4-10-8-11(14)6-7-12(10)15/h6-9H,3-5H2,1-2H3. The van der Waals surface area contributed by atoms with Crippen LogP contribution in [0.1, 0.15) is 32.3 Å². The SMILES string of the molecule is CC(C)C(=O)CCCc1cc(Br)ccc1F. The van der Waals surface area contributed by atoms with Crippen molar-refractivity contribution in [2.45, 2.75) is 33.1 Å². The van der Waals surface area contributed by atoms with Crippen LogP contribution in [0.25, 0.3) is 0 Å². The molecule has 1 nitrogen and oxygen atoms in total. The molecular formula is C13H16BrFO. The van der Waals surface area contributed by atoms with Crippen molar-refractivity contribution in [1.82, 2.24) is 0 Å². The summed E-state index contributed by atoms with van der Waals surface area (Å²) >= 11 is 3.31. The van der Waals surface area contributed by atoms with Crippen LogP contribution < -0.4 is 0 Å². The van der Waals surface area contributed by atoms with Gasteiger partial charge in [0, 0.05) is 16.8 Å². The van der Waals surface area contributed by atoms with E-state index < -0.39 is 0 Å². The molecule has 0 saturated carbocycles. The summed E-state index contributed by atoms with van der Waals surface area (Å²) in [5.74, 6) is 0.128. The summed E-state index contributed by atoms with van der Waals surface area (Å²) in [6.45, 7) is 3.78. The van der Waals surface area contributed by atoms with Crippen LogP contribution in [0, 0.1) is 11.7 Å². The van der Waals surface area contributed by atoms with Crippen LogP contribution >= 0.6 is 15.9 Å². The molecule has 0 aliphatic heterocycles. The molecule has 0 aromatic heterocycles. The maximum absolute atomic E-state index is 13.3. The fourth-order valence-electron chi connectivity index (χ4n) is 1.48. The highest BCUT2D eigenvalue weighted by Gasteiger charge is 2.08. The van der Waals surface area contributed by atoms with Gasteiger partial charge in [-0.3, -0.25) is 4.79 Å². The van der Waals surface area contributed by atoms with E-state index >= 15 is 0 Å². The summed E-state index contributed by atoms with van der Waals surface area (Å²) < 4.78 is 14.2. The van der Waals surface area contributed by atoms with Crippen molar-refractivity contribution in [3.8, 4) is 0 Å². The van der Waals surface area contributed by atoms with Gasteiger partial charge in [-0.15, -0.1) is 0 Å². The van der Waals surface area contributed by atoms with Crippen molar-refractivity contribution >= 4 is 21.7 Å². The number of Topliss-reactive ketones (excluding diaryl/α,β-unsaturated/α-hetero) is 1. The van der Waals surface area contributed by atoms with Crippen LogP contribution in [0.3, 0.4) is 0 Å². The van der Waals surface area contributed by atoms with Crippen molar-refractivity contribution < 1.29 is 9.18 Å². The molecule has 1 rings (SSSR count). The van der Waals surface area contributed by atoms with E-state index in [0.717, 1.165) is 4.47 Å². The first-order chi connectivity index (χ1) is 7.50. The second-order valence-electron chi connectivity index (χ2n) is 4.21. The Labute approximate surface area is 104 Å². The molecule has 1 aromatic rings. The van der Waals surface area contributed by atoms with Crippen molar-refractivity contribution in [3.63, 3.8) is 0 Å². The van der Waals surface area contributed by atoms with Gasteiger partial charge < -0.3 is 0 Å². The molecule has 0 fully saturated rings. The number of hydrogen-bond acceptors (Lipinski definition) is 1. The predicted octanol–water partition coefficient (Wildman–Crippen LogP) is 4.14. The van der Waals surface area contributed by atoms with Crippen LogP contribution in [0.15, 0.2) is 22.7 Å². The molecule has 0 spiro atoms. The lowest BCUT2D eigenvalue weighted by atomic mass is 10.0. The van der Waals surface area contributed by atoms with Gasteiger partial charge in [0.1, 0.15) is 11.6 Å². The number of carbonyl (C=O) groups is 1. The third-order valence-electron chi connectivity index (χ3n) is 2.52. The minimum atomic E-state index is -0.194. The van der Waals surface area contributed by atoms with Gasteiger partial charge in [-0.2, -0.15) is 0 Å². The highest BCUT2D eigenvalue weighted by atomic mass is 79.9. The topological polar surface area (TPSA) is 17.1 Å². The number of ketones is 1. The summed E-state index contributed by atoms with van der Waals surface area (Å²) in [4.78, 5) is 11.4. The van der Waals surface area contributed by atoms with Crippen LogP contribution in [0.2, 0.25) is 0 Å². The average Bonchev–Trinajstić information content (AvgIpc) is 2.22. The molecule has 88 valence electrons. The summed E-state index contributed by atoms with van der Waals surface area (Å²) in [7, 11) is 0. The van der Waals surface area contributed by atoms with Gasteiger partial charge in [-0.25, -0.2) is 4.39 Å². The number of hydrogen-bond donors (Lipinski definition) is 0. The van der Waals surface area contributed by atoms with Crippen LogP contribution in [0.5, 0.6) is 0 Å². The Morgan fingerprint density at radius 1 is 1.44 bits per heavy atom. The highest BCUT2D eigenvalue weighted by molar-refractivity contribution is 9.10. The third kappa shape index (κ3) is 4.05. The van der Waals surface area contributed by atoms with Crippen molar-refractivity contribution in [2.24, 2.45) is 5.92 Å². The minimum absolute atomic E-state index is 0.0763. The van der Waals surface area contributed by atoms with E-state index in [2.05, 4.69) is 15.9 Å². The molecule has 0 atom stereocenters. The van der Waals surface area contributed by atoms with E-state index in [4.69, 9.17) is 0 Å². The first-order valence-electron chi connectivity index (χ1n) is 5.47. The molecule has 1 aromatic carbocycles. The van der Waals surface area contributed by atoms with Crippen LogP contribution in [-0.2, 0) is 11.2 Å². The fraction of sp³-hybridized carbons (Fsp3) is 0.462. The summed E-state index contributed by atoms with van der Waals surface area (Å²) in [5.41, 5.74) is 0.672. The fourth-order valence-corrected chi connectivity index (χ4v) is 1.89. The Bertz CT molecular complexity index is 374. The predicted molar refractivity (Wildman–Crippen MR) is 66.9 cm³/mol. The molecule has 0 aliphatic carbocycles. The monoisotopic (exact) mass is 286 g/mol. The van der Waals surface area contributed by atoms with E-state index in [-0.39, 0.29) is 17.5 Å². The summed E-state index contributed by atoms with van der Waals surface area (Å²) in [6, 6.07) is 4.90. The minimum Gasteiger partial charge on any atom is -0.299 e. The van der Waals surface area contributed by atoms with E-state index in [1.807, 2.05) is 13.8 Å². The summed E-state index contributed by atoms with van der Waals surface area (Å²) in [5, 5.41) is 0. The van der Waals surface area contributed by atoms with Gasteiger partial charge in [-0.05, 0) is 36.6 Å². The van der Waals surface area contributed by atoms with E-state index in [1.165, 1.54) is 6.07 Å². The molecule has 0 radical (unpaired) electrons. The Balaban J connectivity index is 2.49. The maximum Gasteiger partial charge on any atom is 0.135 e. The molecule has 0 amide bonds. The smallest absolute Gasteiger partial charge is 0.135 e. The molecule has 0 unspecified atom stereocenters. The molecule has 0 heterocycles. The number of carbonyl (C=O) groups excluding carboxylic acids is 1. The normalized spacial score (nSPS) is 10.8. The van der Waals surface area contributed by atoms with Crippen LogP contribution in [0.4, 0.5) is 4.39 Å². The molecular weight excluding hydrogens is 271 g/mol. The second-order valence-corrected chi connectivity index (χ2v) is 5.13. The Morgan fingerprint density at radius 2 is 2.12 bits per heavy atom. The van der Waals surface area contributed by atoms with E-state index in [1.54, 1.807) is 12.1 Å². The Kier molecular flexibility index (Phi) is 5.13. The molecule has 3 heteroatoms. The quantitative estimate of drug-likeness (QED) is 0.795. The zero-order chi connectivity index (χ0) is 12.1. The molecule has 0 saturated heterocycles. The van der Waals surface area contributed by atoms with Gasteiger partial charge in [0.15, 0.2) is 0 Å². The van der Waals surface area contributed by atoms with E-state index in [0.29, 0.717) is 24.8 Å². The molecule has 16 heavy (non-hydrogen) atoms. The number of halogens is 2. The highest BCUT2D eigenvalue weighted by Crippen LogP contribution is 2.17. The van der Waals surface area contributed by atoms with Crippen molar-refractivity contribution in [3.05, 3.63) is 34.1 Å². The van der Waals surface area contributed by atoms with Crippen molar-refractivity contribution in [2.75, 3.05) is 0 Å². The Hall–Kier alpha value is -0.700. The maximum atomic E-state index is 13.3. The second kappa shape index (κ2) is 6.14. The zero-order valence-corrected chi connectivity index (χ0v) is 11.2. The average molecular weight is 287 g/mol. The lowest BCUT2D eigenvalue weighted by Gasteiger charge is -2.05. The lowest BCUT2D eigenvalue weighted by molar-refractivity contribution is -0.121. The third-order valence-corrected chi connectivity index (χ3v) is 3.01.